The number of thiophene rings is 1. The van der Waals surface area contributed by atoms with Gasteiger partial charge in [0.05, 0.1) is 5.56 Å². The minimum absolute atomic E-state index is 0.405. The van der Waals surface area contributed by atoms with Crippen molar-refractivity contribution in [3.8, 4) is 10.4 Å². The van der Waals surface area contributed by atoms with Crippen molar-refractivity contribution >= 4 is 17.3 Å². The number of carboxylic acid groups (broad SMARTS) is 1. The van der Waals surface area contributed by atoms with E-state index in [-0.39, 0.29) is 0 Å². The standard InChI is InChI=1S/C18H14O2S/c19-18(20)16-12-21-17(14-9-5-2-6-10-14)15(16)11-13-7-3-1-4-8-13/h1-10,12H,11H2,(H,19,20). The average molecular weight is 294 g/mol. The van der Waals surface area contributed by atoms with E-state index in [2.05, 4.69) is 0 Å². The molecular formula is C18H14O2S. The topological polar surface area (TPSA) is 37.3 Å². The molecule has 0 radical (unpaired) electrons. The molecule has 3 rings (SSSR count). The van der Waals surface area contributed by atoms with Gasteiger partial charge >= 0.3 is 5.97 Å². The van der Waals surface area contributed by atoms with Crippen molar-refractivity contribution in [2.45, 2.75) is 6.42 Å². The number of carboxylic acids is 1. The Kier molecular flexibility index (Phi) is 3.84. The van der Waals surface area contributed by atoms with Gasteiger partial charge in [-0.2, -0.15) is 0 Å². The smallest absolute Gasteiger partial charge is 0.336 e. The largest absolute Gasteiger partial charge is 0.478 e. The minimum atomic E-state index is -0.862. The highest BCUT2D eigenvalue weighted by molar-refractivity contribution is 7.14. The molecule has 0 saturated heterocycles. The molecule has 0 unspecified atom stereocenters. The SMILES string of the molecule is O=C(O)c1csc(-c2ccccc2)c1Cc1ccccc1. The van der Waals surface area contributed by atoms with Crippen LogP contribution >= 0.6 is 11.3 Å². The van der Waals surface area contributed by atoms with Gasteiger partial charge in [-0.3, -0.25) is 0 Å². The summed E-state index contributed by atoms with van der Waals surface area (Å²) in [6.07, 6.45) is 0.635. The van der Waals surface area contributed by atoms with Crippen LogP contribution in [0.5, 0.6) is 0 Å². The Bertz CT molecular complexity index is 745. The summed E-state index contributed by atoms with van der Waals surface area (Å²) in [5, 5.41) is 11.1. The van der Waals surface area contributed by atoms with Gasteiger partial charge in [-0.15, -0.1) is 11.3 Å². The van der Waals surface area contributed by atoms with Gasteiger partial charge in [0.15, 0.2) is 0 Å². The third-order valence-electron chi connectivity index (χ3n) is 3.38. The molecule has 1 N–H and O–H groups in total. The van der Waals surface area contributed by atoms with Crippen molar-refractivity contribution < 1.29 is 9.90 Å². The van der Waals surface area contributed by atoms with Crippen LogP contribution in [0.3, 0.4) is 0 Å². The zero-order valence-corrected chi connectivity index (χ0v) is 12.1. The van der Waals surface area contributed by atoms with E-state index < -0.39 is 5.97 Å². The molecule has 0 amide bonds. The zero-order chi connectivity index (χ0) is 14.7. The van der Waals surface area contributed by atoms with Crippen molar-refractivity contribution in [3.05, 3.63) is 82.7 Å². The van der Waals surface area contributed by atoms with Crippen LogP contribution in [0, 0.1) is 0 Å². The first kappa shape index (κ1) is 13.6. The van der Waals surface area contributed by atoms with Crippen LogP contribution in [-0.4, -0.2) is 11.1 Å². The zero-order valence-electron chi connectivity index (χ0n) is 11.3. The van der Waals surface area contributed by atoms with E-state index in [4.69, 9.17) is 0 Å². The highest BCUT2D eigenvalue weighted by atomic mass is 32.1. The summed E-state index contributed by atoms with van der Waals surface area (Å²) in [4.78, 5) is 12.5. The normalized spacial score (nSPS) is 10.5. The van der Waals surface area contributed by atoms with Gasteiger partial charge in [0.2, 0.25) is 0 Å². The van der Waals surface area contributed by atoms with Crippen LogP contribution in [-0.2, 0) is 6.42 Å². The second-order valence-corrected chi connectivity index (χ2v) is 5.67. The van der Waals surface area contributed by atoms with Crippen molar-refractivity contribution in [3.63, 3.8) is 0 Å². The molecule has 0 saturated carbocycles. The van der Waals surface area contributed by atoms with Crippen molar-refractivity contribution in [2.24, 2.45) is 0 Å². The Hall–Kier alpha value is -2.39. The lowest BCUT2D eigenvalue weighted by Gasteiger charge is -2.06. The van der Waals surface area contributed by atoms with Crippen LogP contribution in [0.15, 0.2) is 66.0 Å². The number of carbonyl (C=O) groups is 1. The Morgan fingerprint density at radius 1 is 0.952 bits per heavy atom. The Labute approximate surface area is 127 Å². The molecule has 3 aromatic rings. The summed E-state index contributed by atoms with van der Waals surface area (Å²) in [7, 11) is 0. The molecule has 1 heterocycles. The predicted octanol–water partition coefficient (Wildman–Crippen LogP) is 4.70. The number of hydrogen-bond acceptors (Lipinski definition) is 2. The third kappa shape index (κ3) is 2.88. The molecule has 21 heavy (non-hydrogen) atoms. The molecule has 0 atom stereocenters. The second-order valence-electron chi connectivity index (χ2n) is 4.79. The van der Waals surface area contributed by atoms with Crippen molar-refractivity contribution in [2.75, 3.05) is 0 Å². The van der Waals surface area contributed by atoms with Gasteiger partial charge in [-0.05, 0) is 23.1 Å². The molecule has 1 aromatic heterocycles. The molecular weight excluding hydrogens is 280 g/mol. The summed E-state index contributed by atoms with van der Waals surface area (Å²) in [5.41, 5.74) is 3.49. The van der Waals surface area contributed by atoms with E-state index in [1.165, 1.54) is 11.3 Å². The van der Waals surface area contributed by atoms with Gasteiger partial charge in [0.25, 0.3) is 0 Å². The Balaban J connectivity index is 2.08. The van der Waals surface area contributed by atoms with Crippen LogP contribution in [0.2, 0.25) is 0 Å². The molecule has 0 bridgehead atoms. The number of aromatic carboxylic acids is 1. The van der Waals surface area contributed by atoms with E-state index in [1.54, 1.807) is 5.38 Å². The fourth-order valence-electron chi connectivity index (χ4n) is 2.37. The lowest BCUT2D eigenvalue weighted by atomic mass is 9.99. The molecule has 0 aliphatic heterocycles. The summed E-state index contributed by atoms with van der Waals surface area (Å²) >= 11 is 1.50. The molecule has 0 aliphatic rings. The van der Waals surface area contributed by atoms with E-state index in [0.29, 0.717) is 12.0 Å². The van der Waals surface area contributed by atoms with Crippen molar-refractivity contribution in [1.82, 2.24) is 0 Å². The first-order valence-corrected chi connectivity index (χ1v) is 7.56. The fraction of sp³-hybridized carbons (Fsp3) is 0.0556. The maximum atomic E-state index is 11.5. The predicted molar refractivity (Wildman–Crippen MR) is 86.0 cm³/mol. The van der Waals surface area contributed by atoms with E-state index in [1.807, 2.05) is 60.7 Å². The second kappa shape index (κ2) is 5.94. The lowest BCUT2D eigenvalue weighted by Crippen LogP contribution is -2.00. The fourth-order valence-corrected chi connectivity index (χ4v) is 3.44. The summed E-state index contributed by atoms with van der Waals surface area (Å²) in [6.45, 7) is 0. The molecule has 2 nitrogen and oxygen atoms in total. The molecule has 0 spiro atoms. The highest BCUT2D eigenvalue weighted by Crippen LogP contribution is 2.34. The van der Waals surface area contributed by atoms with Crippen LogP contribution in [0.1, 0.15) is 21.5 Å². The van der Waals surface area contributed by atoms with Crippen LogP contribution in [0.4, 0.5) is 0 Å². The molecule has 0 fully saturated rings. The van der Waals surface area contributed by atoms with E-state index >= 15 is 0 Å². The maximum absolute atomic E-state index is 11.5. The first-order chi connectivity index (χ1) is 10.3. The van der Waals surface area contributed by atoms with Gasteiger partial charge in [-0.25, -0.2) is 4.79 Å². The molecule has 0 aliphatic carbocycles. The highest BCUT2D eigenvalue weighted by Gasteiger charge is 2.18. The number of rotatable bonds is 4. The quantitative estimate of drug-likeness (QED) is 0.757. The molecule has 104 valence electrons. The van der Waals surface area contributed by atoms with E-state index in [9.17, 15) is 9.90 Å². The Morgan fingerprint density at radius 3 is 2.19 bits per heavy atom. The van der Waals surface area contributed by atoms with Gasteiger partial charge < -0.3 is 5.11 Å². The maximum Gasteiger partial charge on any atom is 0.336 e. The monoisotopic (exact) mass is 294 g/mol. The average Bonchev–Trinajstić information content (AvgIpc) is 2.93. The van der Waals surface area contributed by atoms with Crippen molar-refractivity contribution in [1.29, 1.82) is 0 Å². The van der Waals surface area contributed by atoms with Gasteiger partial charge in [0, 0.05) is 10.3 Å². The van der Waals surface area contributed by atoms with Crippen LogP contribution < -0.4 is 0 Å². The number of benzene rings is 2. The summed E-state index contributed by atoms with van der Waals surface area (Å²) < 4.78 is 0. The minimum Gasteiger partial charge on any atom is -0.478 e. The first-order valence-electron chi connectivity index (χ1n) is 6.68. The van der Waals surface area contributed by atoms with Gasteiger partial charge in [-0.1, -0.05) is 60.7 Å². The van der Waals surface area contributed by atoms with Gasteiger partial charge in [0.1, 0.15) is 0 Å². The van der Waals surface area contributed by atoms with E-state index in [0.717, 1.165) is 21.6 Å². The number of hydrogen-bond donors (Lipinski definition) is 1. The third-order valence-corrected chi connectivity index (χ3v) is 4.46. The summed E-state index contributed by atoms with van der Waals surface area (Å²) in [6, 6.07) is 19.9. The Morgan fingerprint density at radius 2 is 1.57 bits per heavy atom. The summed E-state index contributed by atoms with van der Waals surface area (Å²) in [5.74, 6) is -0.862. The lowest BCUT2D eigenvalue weighted by molar-refractivity contribution is 0.0696. The molecule has 2 aromatic carbocycles. The van der Waals surface area contributed by atoms with Crippen LogP contribution in [0.25, 0.3) is 10.4 Å². The molecule has 3 heteroatoms.